The van der Waals surface area contributed by atoms with Crippen LogP contribution in [-0.2, 0) is 4.74 Å². The molecule has 0 bridgehead atoms. The molecule has 0 aliphatic rings. The summed E-state index contributed by atoms with van der Waals surface area (Å²) in [5.41, 5.74) is 5.43. The lowest BCUT2D eigenvalue weighted by molar-refractivity contribution is 0.196. The molecule has 0 amide bonds. The van der Waals surface area contributed by atoms with Crippen molar-refractivity contribution in [1.82, 2.24) is 5.32 Å². The smallest absolute Gasteiger partial charge is 0.176 e. The minimum atomic E-state index is -1.49. The molecule has 204 valence electrons. The number of nitrogens with one attached hydrogen (secondary N) is 1. The molecule has 2 aromatic rings. The second-order valence-electron chi connectivity index (χ2n) is 8.82. The van der Waals surface area contributed by atoms with Crippen LogP contribution in [0.25, 0.3) is 5.70 Å². The van der Waals surface area contributed by atoms with Gasteiger partial charge in [-0.3, -0.25) is 4.99 Å². The maximum atomic E-state index is 13.4. The van der Waals surface area contributed by atoms with E-state index < -0.39 is 5.41 Å². The Morgan fingerprint density at radius 1 is 1.11 bits per heavy atom. The van der Waals surface area contributed by atoms with Gasteiger partial charge in [0.2, 0.25) is 0 Å². The highest BCUT2D eigenvalue weighted by molar-refractivity contribution is 7.19. The maximum Gasteiger partial charge on any atom is 0.176 e. The molecule has 6 heteroatoms. The fourth-order valence-electron chi connectivity index (χ4n) is 3.23. The summed E-state index contributed by atoms with van der Waals surface area (Å²) < 4.78 is 30.5. The van der Waals surface area contributed by atoms with Crippen LogP contribution in [0.4, 0.5) is 8.78 Å². The van der Waals surface area contributed by atoms with Crippen LogP contribution >= 0.6 is 9.24 Å². The average molecular weight is 539 g/mol. The summed E-state index contributed by atoms with van der Waals surface area (Å²) in [6.45, 7) is 17.0. The van der Waals surface area contributed by atoms with Crippen LogP contribution in [-0.4, -0.2) is 18.2 Å². The van der Waals surface area contributed by atoms with Crippen LogP contribution in [0.15, 0.2) is 114 Å². The predicted molar refractivity (Wildman–Crippen MR) is 163 cm³/mol. The van der Waals surface area contributed by atoms with Gasteiger partial charge >= 0.3 is 0 Å². The molecule has 0 radical (unpaired) electrons. The van der Waals surface area contributed by atoms with Gasteiger partial charge in [-0.15, -0.1) is 0 Å². The van der Waals surface area contributed by atoms with Crippen LogP contribution in [0.2, 0.25) is 0 Å². The van der Waals surface area contributed by atoms with Crippen molar-refractivity contribution in [3.05, 3.63) is 126 Å². The molecule has 0 spiro atoms. The van der Waals surface area contributed by atoms with Crippen molar-refractivity contribution < 1.29 is 13.5 Å². The van der Waals surface area contributed by atoms with Crippen LogP contribution in [0.5, 0.6) is 0 Å². The lowest BCUT2D eigenvalue weighted by Crippen LogP contribution is -2.23. The number of aliphatic imine (C=N–C) groups is 1. The largest absolute Gasteiger partial charge is 0.498 e. The fraction of sp³-hybridized carbons (Fsp3) is 0.281. The molecule has 38 heavy (non-hydrogen) atoms. The standard InChI is InChI=1S/C27H31FN2.C5H10FOP/c1-6-8-10-13-20(3)27(24-16-18-25(28)19-17-24)30-22(5)21(4)29-26(7-2)23-14-11-9-12-15-23;1-4(7-3)5(2,6)8/h6,8-19,26,29H,4,7H2,1-3,5H3;1,8H2,2-3H3/b8-6-,13-10-,27-20+,30-22?;/t26-;/m0./s1. The Bertz CT molecular complexity index is 1160. The third-order valence-electron chi connectivity index (χ3n) is 5.61. The van der Waals surface area contributed by atoms with E-state index in [1.807, 2.05) is 72.5 Å². The van der Waals surface area contributed by atoms with E-state index in [0.29, 0.717) is 0 Å². The molecule has 0 aliphatic carbocycles. The third kappa shape index (κ3) is 11.4. The number of nitrogens with zero attached hydrogens (tertiary/aromatic N) is 1. The minimum Gasteiger partial charge on any atom is -0.498 e. The summed E-state index contributed by atoms with van der Waals surface area (Å²) in [7, 11) is 3.38. The number of halogens is 2. The Balaban J connectivity index is 0.000000781. The number of hydrogen-bond acceptors (Lipinski definition) is 3. The lowest BCUT2D eigenvalue weighted by atomic mass is 10.0. The molecule has 2 aromatic carbocycles. The Morgan fingerprint density at radius 3 is 2.18 bits per heavy atom. The van der Waals surface area contributed by atoms with Gasteiger partial charge < -0.3 is 10.1 Å². The second-order valence-corrected chi connectivity index (χ2v) is 9.90. The minimum absolute atomic E-state index is 0.127. The highest BCUT2D eigenvalue weighted by atomic mass is 31.0. The zero-order valence-electron chi connectivity index (χ0n) is 23.4. The SMILES string of the molecule is C=C(N[C@@H](CC)c1ccccc1)C(C)=N/C(=C(C)/C=C\C=C/C)c1ccc(F)cc1.C=C(OC)C(C)(F)P. The molecule has 3 atom stereocenters. The van der Waals surface area contributed by atoms with Crippen LogP contribution in [0.3, 0.4) is 0 Å². The molecule has 3 nitrogen and oxygen atoms in total. The van der Waals surface area contributed by atoms with Crippen molar-refractivity contribution in [1.29, 1.82) is 0 Å². The van der Waals surface area contributed by atoms with Crippen LogP contribution in [0.1, 0.15) is 58.2 Å². The zero-order valence-corrected chi connectivity index (χ0v) is 24.5. The van der Waals surface area contributed by atoms with Crippen molar-refractivity contribution >= 4 is 20.6 Å². The number of ether oxygens (including phenoxy) is 1. The first-order chi connectivity index (χ1) is 17.9. The molecule has 0 saturated heterocycles. The van der Waals surface area contributed by atoms with E-state index in [1.54, 1.807) is 12.1 Å². The average Bonchev–Trinajstić information content (AvgIpc) is 2.90. The highest BCUT2D eigenvalue weighted by Crippen LogP contribution is 2.27. The van der Waals surface area contributed by atoms with E-state index in [2.05, 4.69) is 42.3 Å². The number of rotatable bonds is 11. The Labute approximate surface area is 230 Å². The topological polar surface area (TPSA) is 33.6 Å². The number of methoxy groups -OCH3 is 1. The quantitative estimate of drug-likeness (QED) is 0.134. The fourth-order valence-corrected chi connectivity index (χ4v) is 3.35. The molecular weight excluding hydrogens is 497 g/mol. The Morgan fingerprint density at radius 2 is 1.71 bits per heavy atom. The zero-order chi connectivity index (χ0) is 28.7. The number of allylic oxidation sites excluding steroid dienone is 7. The first-order valence-electron chi connectivity index (χ1n) is 12.5. The van der Waals surface area contributed by atoms with Gasteiger partial charge in [-0.25, -0.2) is 8.78 Å². The molecule has 0 saturated carbocycles. The molecule has 0 aliphatic heterocycles. The number of alkyl halides is 1. The van der Waals surface area contributed by atoms with Gasteiger partial charge in [-0.2, -0.15) is 0 Å². The summed E-state index contributed by atoms with van der Waals surface area (Å²) in [6, 6.07) is 16.9. The first-order valence-corrected chi connectivity index (χ1v) is 13.1. The van der Waals surface area contributed by atoms with Crippen molar-refractivity contribution in [2.24, 2.45) is 4.99 Å². The van der Waals surface area contributed by atoms with Gasteiger partial charge in [-0.1, -0.05) is 84.0 Å². The van der Waals surface area contributed by atoms with Crippen molar-refractivity contribution in [3.63, 3.8) is 0 Å². The normalized spacial score (nSPS) is 14.7. The molecular formula is C32H41F2N2OP. The third-order valence-corrected chi connectivity index (χ3v) is 5.93. The molecule has 2 rings (SSSR count). The highest BCUT2D eigenvalue weighted by Gasteiger charge is 2.20. The van der Waals surface area contributed by atoms with Crippen LogP contribution < -0.4 is 5.32 Å². The number of hydrogen-bond donors (Lipinski definition) is 1. The monoisotopic (exact) mass is 538 g/mol. The van der Waals surface area contributed by atoms with E-state index in [0.717, 1.165) is 34.7 Å². The van der Waals surface area contributed by atoms with Crippen molar-refractivity contribution in [2.45, 2.75) is 52.5 Å². The molecule has 0 aromatic heterocycles. The van der Waals surface area contributed by atoms with Gasteiger partial charge in [0.1, 0.15) is 11.6 Å². The Hall–Kier alpha value is -3.30. The summed E-state index contributed by atoms with van der Waals surface area (Å²) in [5, 5.41) is 2.01. The van der Waals surface area contributed by atoms with E-state index >= 15 is 0 Å². The molecule has 2 unspecified atom stereocenters. The number of benzene rings is 2. The second kappa shape index (κ2) is 16.5. The van der Waals surface area contributed by atoms with Crippen LogP contribution in [0, 0.1) is 5.82 Å². The summed E-state index contributed by atoms with van der Waals surface area (Å²) in [4.78, 5) is 4.87. The molecule has 0 fully saturated rings. The van der Waals surface area contributed by atoms with Gasteiger partial charge in [0.25, 0.3) is 0 Å². The summed E-state index contributed by atoms with van der Waals surface area (Å²) >= 11 is 0. The van der Waals surface area contributed by atoms with Gasteiger partial charge in [-0.05, 0) is 69.5 Å². The summed E-state index contributed by atoms with van der Waals surface area (Å²) in [5.74, 6) is -0.136. The van der Waals surface area contributed by atoms with Gasteiger partial charge in [0.05, 0.1) is 24.6 Å². The molecule has 1 N–H and O–H groups in total. The molecule has 0 heterocycles. The first kappa shape index (κ1) is 32.7. The van der Waals surface area contributed by atoms with Crippen molar-refractivity contribution in [3.8, 4) is 0 Å². The van der Waals surface area contributed by atoms with E-state index in [9.17, 15) is 8.78 Å². The van der Waals surface area contributed by atoms with Gasteiger partial charge in [0.15, 0.2) is 5.41 Å². The lowest BCUT2D eigenvalue weighted by Gasteiger charge is -2.20. The maximum absolute atomic E-state index is 13.4. The van der Waals surface area contributed by atoms with E-state index in [1.165, 1.54) is 31.7 Å². The van der Waals surface area contributed by atoms with Crippen molar-refractivity contribution in [2.75, 3.05) is 7.11 Å². The predicted octanol–water partition coefficient (Wildman–Crippen LogP) is 9.11. The van der Waals surface area contributed by atoms with Gasteiger partial charge in [0, 0.05) is 11.3 Å². The summed E-state index contributed by atoms with van der Waals surface area (Å²) in [6.07, 6.45) is 8.84. The van der Waals surface area contributed by atoms with E-state index in [4.69, 9.17) is 4.99 Å². The van der Waals surface area contributed by atoms with E-state index in [-0.39, 0.29) is 17.6 Å². The Kier molecular flexibility index (Phi) is 14.2.